The van der Waals surface area contributed by atoms with Crippen molar-refractivity contribution >= 4 is 27.6 Å². The fourth-order valence-electron chi connectivity index (χ4n) is 2.63. The third-order valence-electron chi connectivity index (χ3n) is 3.97. The van der Waals surface area contributed by atoms with Crippen LogP contribution in [-0.4, -0.2) is 18.6 Å². The van der Waals surface area contributed by atoms with Crippen molar-refractivity contribution in [3.05, 3.63) is 28.7 Å². The van der Waals surface area contributed by atoms with Gasteiger partial charge in [-0.1, -0.05) is 29.8 Å². The van der Waals surface area contributed by atoms with Gasteiger partial charge in [-0.3, -0.25) is 0 Å². The van der Waals surface area contributed by atoms with Crippen LogP contribution >= 0.6 is 15.9 Å². The van der Waals surface area contributed by atoms with E-state index >= 15 is 0 Å². The quantitative estimate of drug-likeness (QED) is 0.855. The van der Waals surface area contributed by atoms with Gasteiger partial charge in [0.05, 0.1) is 7.11 Å². The first-order chi connectivity index (χ1) is 8.97. The Balaban J connectivity index is 2.12. The van der Waals surface area contributed by atoms with Crippen molar-refractivity contribution in [2.75, 3.05) is 12.4 Å². The lowest BCUT2D eigenvalue weighted by Crippen LogP contribution is -2.58. The van der Waals surface area contributed by atoms with E-state index in [2.05, 4.69) is 35.1 Å². The molecular formula is C15H20BrNO2. The summed E-state index contributed by atoms with van der Waals surface area (Å²) in [6, 6.07) is 7.87. The lowest BCUT2D eigenvalue weighted by atomic mass is 9.64. The van der Waals surface area contributed by atoms with Gasteiger partial charge in [-0.15, -0.1) is 0 Å². The number of methoxy groups -OCH3 is 1. The number of hydrogen-bond acceptors (Lipinski definition) is 3. The lowest BCUT2D eigenvalue weighted by molar-refractivity contribution is -0.151. The molecule has 1 aromatic carbocycles. The molecule has 0 radical (unpaired) electrons. The summed E-state index contributed by atoms with van der Waals surface area (Å²) >= 11 is 3.41. The number of carbonyl (C=O) groups is 1. The highest BCUT2D eigenvalue weighted by molar-refractivity contribution is 9.10. The molecule has 4 heteroatoms. The molecule has 0 bridgehead atoms. The zero-order chi connectivity index (χ0) is 14.0. The van der Waals surface area contributed by atoms with Crippen molar-refractivity contribution in [1.82, 2.24) is 0 Å². The monoisotopic (exact) mass is 325 g/mol. The summed E-state index contributed by atoms with van der Waals surface area (Å²) in [4.78, 5) is 12.1. The van der Waals surface area contributed by atoms with Gasteiger partial charge in [-0.05, 0) is 48.9 Å². The van der Waals surface area contributed by atoms with Crippen LogP contribution in [0.4, 0.5) is 5.69 Å². The highest BCUT2D eigenvalue weighted by atomic mass is 79.9. The molecule has 0 aliphatic heterocycles. The van der Waals surface area contributed by atoms with Crippen LogP contribution in [0, 0.1) is 11.8 Å². The highest BCUT2D eigenvalue weighted by Crippen LogP contribution is 2.45. The molecule has 1 aliphatic rings. The molecule has 0 heterocycles. The van der Waals surface area contributed by atoms with Gasteiger partial charge < -0.3 is 10.1 Å². The van der Waals surface area contributed by atoms with Gasteiger partial charge in [0.2, 0.25) is 0 Å². The molecule has 0 spiro atoms. The van der Waals surface area contributed by atoms with E-state index in [0.717, 1.165) is 23.0 Å². The molecule has 0 aromatic heterocycles. The second kappa shape index (κ2) is 5.53. The first-order valence-electron chi connectivity index (χ1n) is 6.59. The largest absolute Gasteiger partial charge is 0.467 e. The minimum atomic E-state index is -0.544. The molecule has 1 fully saturated rings. The fourth-order valence-corrected chi connectivity index (χ4v) is 2.90. The van der Waals surface area contributed by atoms with E-state index in [1.54, 1.807) is 0 Å². The molecule has 1 aliphatic carbocycles. The van der Waals surface area contributed by atoms with Gasteiger partial charge in [0.1, 0.15) is 5.54 Å². The standard InChI is InChI=1S/C15H20BrNO2/c1-10(2)11-8-15(9-11,14(18)19-3)17-13-6-4-12(16)5-7-13/h4-7,10-11,17H,8-9H2,1-3H3. The van der Waals surface area contributed by atoms with E-state index in [1.165, 1.54) is 7.11 Å². The maximum Gasteiger partial charge on any atom is 0.331 e. The molecule has 3 nitrogen and oxygen atoms in total. The summed E-state index contributed by atoms with van der Waals surface area (Å²) in [5.74, 6) is 1.03. The Bertz CT molecular complexity index is 450. The van der Waals surface area contributed by atoms with Crippen molar-refractivity contribution in [3.63, 3.8) is 0 Å². The van der Waals surface area contributed by atoms with E-state index in [1.807, 2.05) is 24.3 Å². The van der Waals surface area contributed by atoms with Crippen molar-refractivity contribution in [2.45, 2.75) is 32.2 Å². The van der Waals surface area contributed by atoms with Crippen LogP contribution in [0.1, 0.15) is 26.7 Å². The molecule has 1 saturated carbocycles. The first-order valence-corrected chi connectivity index (χ1v) is 7.38. The van der Waals surface area contributed by atoms with E-state index in [-0.39, 0.29) is 5.97 Å². The molecule has 0 amide bonds. The van der Waals surface area contributed by atoms with E-state index < -0.39 is 5.54 Å². The summed E-state index contributed by atoms with van der Waals surface area (Å²) < 4.78 is 6.00. The number of ether oxygens (including phenoxy) is 1. The number of carbonyl (C=O) groups excluding carboxylic acids is 1. The van der Waals surface area contributed by atoms with E-state index in [0.29, 0.717) is 11.8 Å². The van der Waals surface area contributed by atoms with Gasteiger partial charge in [0.15, 0.2) is 0 Å². The average molecular weight is 326 g/mol. The Morgan fingerprint density at radius 1 is 1.37 bits per heavy atom. The number of halogens is 1. The van der Waals surface area contributed by atoms with Crippen molar-refractivity contribution in [3.8, 4) is 0 Å². The van der Waals surface area contributed by atoms with Crippen LogP contribution in [0.25, 0.3) is 0 Å². The summed E-state index contributed by atoms with van der Waals surface area (Å²) in [5, 5.41) is 3.36. The number of rotatable bonds is 4. The smallest absolute Gasteiger partial charge is 0.331 e. The van der Waals surface area contributed by atoms with E-state index in [4.69, 9.17) is 4.74 Å². The molecule has 1 N–H and O–H groups in total. The number of hydrogen-bond donors (Lipinski definition) is 1. The first kappa shape index (κ1) is 14.4. The molecule has 2 rings (SSSR count). The summed E-state index contributed by atoms with van der Waals surface area (Å²) in [5.41, 5.74) is 0.410. The zero-order valence-corrected chi connectivity index (χ0v) is 13.2. The Labute approximate surface area is 122 Å². The molecule has 0 unspecified atom stereocenters. The van der Waals surface area contributed by atoms with Crippen LogP contribution in [0.15, 0.2) is 28.7 Å². The van der Waals surface area contributed by atoms with Crippen LogP contribution < -0.4 is 5.32 Å². The third-order valence-corrected chi connectivity index (χ3v) is 4.50. The normalized spacial score (nSPS) is 25.8. The third kappa shape index (κ3) is 2.94. The van der Waals surface area contributed by atoms with Crippen molar-refractivity contribution in [2.24, 2.45) is 11.8 Å². The van der Waals surface area contributed by atoms with Gasteiger partial charge >= 0.3 is 5.97 Å². The Morgan fingerprint density at radius 3 is 2.42 bits per heavy atom. The predicted molar refractivity (Wildman–Crippen MR) is 80.1 cm³/mol. The molecule has 0 saturated heterocycles. The SMILES string of the molecule is COC(=O)C1(Nc2ccc(Br)cc2)CC(C(C)C)C1. The minimum absolute atomic E-state index is 0.160. The molecule has 1 aromatic rings. The Hall–Kier alpha value is -1.03. The summed E-state index contributed by atoms with van der Waals surface area (Å²) in [6.45, 7) is 4.40. The van der Waals surface area contributed by atoms with Crippen LogP contribution in [0.5, 0.6) is 0 Å². The van der Waals surface area contributed by atoms with Crippen LogP contribution in [-0.2, 0) is 9.53 Å². The Morgan fingerprint density at radius 2 is 1.95 bits per heavy atom. The minimum Gasteiger partial charge on any atom is -0.467 e. The van der Waals surface area contributed by atoms with Crippen molar-refractivity contribution in [1.29, 1.82) is 0 Å². The van der Waals surface area contributed by atoms with Gasteiger partial charge in [-0.2, -0.15) is 0 Å². The summed E-state index contributed by atoms with van der Waals surface area (Å²) in [6.07, 6.45) is 1.68. The molecule has 0 atom stereocenters. The maximum atomic E-state index is 12.1. The van der Waals surface area contributed by atoms with Crippen molar-refractivity contribution < 1.29 is 9.53 Å². The fraction of sp³-hybridized carbons (Fsp3) is 0.533. The second-order valence-corrected chi connectivity index (χ2v) is 6.53. The highest BCUT2D eigenvalue weighted by Gasteiger charge is 2.51. The predicted octanol–water partition coefficient (Wildman–Crippen LogP) is 3.84. The summed E-state index contributed by atoms with van der Waals surface area (Å²) in [7, 11) is 1.45. The lowest BCUT2D eigenvalue weighted by Gasteiger charge is -2.48. The van der Waals surface area contributed by atoms with Gasteiger partial charge in [0, 0.05) is 10.2 Å². The molecule has 19 heavy (non-hydrogen) atoms. The zero-order valence-electron chi connectivity index (χ0n) is 11.6. The van der Waals surface area contributed by atoms with Crippen LogP contribution in [0.2, 0.25) is 0 Å². The van der Waals surface area contributed by atoms with Crippen LogP contribution in [0.3, 0.4) is 0 Å². The van der Waals surface area contributed by atoms with E-state index in [9.17, 15) is 4.79 Å². The van der Waals surface area contributed by atoms with Gasteiger partial charge in [0.25, 0.3) is 0 Å². The molecule has 104 valence electrons. The number of esters is 1. The topological polar surface area (TPSA) is 38.3 Å². The second-order valence-electron chi connectivity index (χ2n) is 5.62. The van der Waals surface area contributed by atoms with Gasteiger partial charge in [-0.25, -0.2) is 4.79 Å². The number of anilines is 1. The Kier molecular flexibility index (Phi) is 4.19. The average Bonchev–Trinajstić information content (AvgIpc) is 2.34. The molecular weight excluding hydrogens is 306 g/mol. The maximum absolute atomic E-state index is 12.1. The number of benzene rings is 1. The number of nitrogens with one attached hydrogen (secondary N) is 1.